The van der Waals surface area contributed by atoms with Crippen LogP contribution in [0.5, 0.6) is 0 Å². The van der Waals surface area contributed by atoms with Gasteiger partial charge in [0, 0.05) is 44.7 Å². The Kier molecular flexibility index (Phi) is 11.8. The molecule has 0 aliphatic carbocycles. The van der Waals surface area contributed by atoms with Crippen molar-refractivity contribution in [3.63, 3.8) is 0 Å². The van der Waals surface area contributed by atoms with Crippen LogP contribution in [0.3, 0.4) is 0 Å². The number of aromatic nitrogens is 2. The summed E-state index contributed by atoms with van der Waals surface area (Å²) in [5, 5.41) is 8.14. The van der Waals surface area contributed by atoms with Crippen LogP contribution in [-0.4, -0.2) is 16.0 Å². The fourth-order valence-corrected chi connectivity index (χ4v) is 1.79. The Bertz CT molecular complexity index is 728. The summed E-state index contributed by atoms with van der Waals surface area (Å²) in [6.45, 7) is 3.43. The fourth-order valence-electron chi connectivity index (χ4n) is 1.79. The molecule has 129 valence electrons. The van der Waals surface area contributed by atoms with Crippen molar-refractivity contribution in [2.45, 2.75) is 26.7 Å². The molecule has 0 saturated carbocycles. The van der Waals surface area contributed by atoms with Gasteiger partial charge in [-0.3, -0.25) is 0 Å². The normalized spacial score (nSPS) is 9.04. The van der Waals surface area contributed by atoms with Crippen LogP contribution in [0.2, 0.25) is 0 Å². The number of Topliss-reactive ketones (excluding diaryl/α,β-unsaturated/α-hetero) is 1. The average molecular weight is 412 g/mol. The third-order valence-electron chi connectivity index (χ3n) is 3.18. The number of hydrogen-bond donors (Lipinski definition) is 0. The minimum absolute atomic E-state index is 0. The van der Waals surface area contributed by atoms with Gasteiger partial charge in [0.15, 0.2) is 0 Å². The second kappa shape index (κ2) is 12.7. The maximum Gasteiger partial charge on any atom is 0.247 e. The maximum absolute atomic E-state index is 9.81. The molecular formula is C20H23N2O2Y-. The molecule has 1 aromatic heterocycles. The molecule has 5 heteroatoms. The van der Waals surface area contributed by atoms with Gasteiger partial charge in [-0.05, 0) is 24.6 Å². The molecule has 4 nitrogen and oxygen atoms in total. The number of hydrogen-bond acceptors (Lipinski definition) is 4. The first-order chi connectivity index (χ1) is 11.2. The van der Waals surface area contributed by atoms with Crippen LogP contribution in [0.15, 0.2) is 65.1 Å². The van der Waals surface area contributed by atoms with E-state index in [4.69, 9.17) is 4.42 Å². The topological polar surface area (TPSA) is 56.0 Å². The Morgan fingerprint density at radius 2 is 1.48 bits per heavy atom. The van der Waals surface area contributed by atoms with Crippen molar-refractivity contribution in [3.05, 3.63) is 79.5 Å². The molecule has 3 aromatic rings. The Hall–Kier alpha value is -1.65. The van der Waals surface area contributed by atoms with E-state index >= 15 is 0 Å². The summed E-state index contributed by atoms with van der Waals surface area (Å²) in [7, 11) is 0. The molecule has 1 radical (unpaired) electrons. The van der Waals surface area contributed by atoms with Crippen molar-refractivity contribution in [2.75, 3.05) is 0 Å². The van der Waals surface area contributed by atoms with E-state index in [0.717, 1.165) is 5.56 Å². The molecule has 25 heavy (non-hydrogen) atoms. The van der Waals surface area contributed by atoms with E-state index < -0.39 is 0 Å². The van der Waals surface area contributed by atoms with E-state index in [0.29, 0.717) is 24.6 Å². The van der Waals surface area contributed by atoms with E-state index in [9.17, 15) is 4.79 Å². The van der Waals surface area contributed by atoms with Crippen LogP contribution in [0.4, 0.5) is 0 Å². The van der Waals surface area contributed by atoms with Gasteiger partial charge in [-0.15, -0.1) is 10.2 Å². The minimum Gasteiger partial charge on any atom is -0.420 e. The minimum atomic E-state index is 0. The summed E-state index contributed by atoms with van der Waals surface area (Å²) in [5.74, 6) is 1.46. The molecule has 0 aliphatic heterocycles. The third-order valence-corrected chi connectivity index (χ3v) is 3.18. The Morgan fingerprint density at radius 3 is 2.00 bits per heavy atom. The first kappa shape index (κ1) is 23.4. The quantitative estimate of drug-likeness (QED) is 0.580. The molecule has 0 fully saturated rings. The van der Waals surface area contributed by atoms with Crippen LogP contribution in [0, 0.1) is 7.43 Å². The second-order valence-electron chi connectivity index (χ2n) is 5.08. The summed E-state index contributed by atoms with van der Waals surface area (Å²) in [6.07, 6.45) is 1.33. The molecule has 0 aliphatic rings. The SMILES string of the molecule is CCC(C)=O.[CH3-].[Y].c1ccc(Cc2nnc(-c3ccccc3)o2)cc1. The van der Waals surface area contributed by atoms with E-state index in [1.54, 1.807) is 6.92 Å². The van der Waals surface area contributed by atoms with E-state index in [2.05, 4.69) is 10.2 Å². The molecule has 0 unspecified atom stereocenters. The number of ketones is 1. The van der Waals surface area contributed by atoms with Crippen LogP contribution in [0.25, 0.3) is 11.5 Å². The zero-order chi connectivity index (χ0) is 16.5. The number of nitrogens with zero attached hydrogens (tertiary/aromatic N) is 2. The molecule has 3 rings (SSSR count). The first-order valence-electron chi connectivity index (χ1n) is 7.60. The van der Waals surface area contributed by atoms with Crippen molar-refractivity contribution in [3.8, 4) is 11.5 Å². The average Bonchev–Trinajstić information content (AvgIpc) is 3.05. The molecule has 0 atom stereocenters. The number of rotatable bonds is 4. The van der Waals surface area contributed by atoms with Gasteiger partial charge < -0.3 is 16.6 Å². The number of carbonyl (C=O) groups excluding carboxylic acids is 1. The molecule has 0 saturated heterocycles. The number of carbonyl (C=O) groups is 1. The standard InChI is InChI=1S/C15H12N2O.C4H8O.CH3.Y/c1-3-7-12(8-4-1)11-14-16-17-15(18-14)13-9-5-2-6-10-13;1-3-4(2)5;;/h1-10H,11H2;3H2,1-2H3;1H3;/q;;-1;. The largest absolute Gasteiger partial charge is 0.420 e. The summed E-state index contributed by atoms with van der Waals surface area (Å²) in [6, 6.07) is 19.9. The van der Waals surface area contributed by atoms with Crippen LogP contribution < -0.4 is 0 Å². The summed E-state index contributed by atoms with van der Waals surface area (Å²) in [4.78, 5) is 9.81. The van der Waals surface area contributed by atoms with Crippen molar-refractivity contribution in [2.24, 2.45) is 0 Å². The number of benzene rings is 2. The molecule has 1 heterocycles. The van der Waals surface area contributed by atoms with Crippen LogP contribution in [0.1, 0.15) is 31.7 Å². The molecule has 2 aromatic carbocycles. The summed E-state index contributed by atoms with van der Waals surface area (Å²) < 4.78 is 5.65. The van der Waals surface area contributed by atoms with E-state index in [1.165, 1.54) is 5.56 Å². The van der Waals surface area contributed by atoms with Crippen LogP contribution >= 0.6 is 0 Å². The van der Waals surface area contributed by atoms with Crippen molar-refractivity contribution >= 4 is 5.78 Å². The Morgan fingerprint density at radius 1 is 0.960 bits per heavy atom. The van der Waals surface area contributed by atoms with Crippen molar-refractivity contribution < 1.29 is 41.9 Å². The van der Waals surface area contributed by atoms with Gasteiger partial charge in [0.2, 0.25) is 11.8 Å². The first-order valence-corrected chi connectivity index (χ1v) is 7.60. The van der Waals surface area contributed by atoms with Gasteiger partial charge >= 0.3 is 0 Å². The van der Waals surface area contributed by atoms with Crippen LogP contribution in [-0.2, 0) is 43.9 Å². The zero-order valence-corrected chi connectivity index (χ0v) is 17.8. The summed E-state index contributed by atoms with van der Waals surface area (Å²) in [5.41, 5.74) is 2.12. The van der Waals surface area contributed by atoms with Gasteiger partial charge in [-0.2, -0.15) is 0 Å². The van der Waals surface area contributed by atoms with E-state index in [1.807, 2.05) is 67.6 Å². The van der Waals surface area contributed by atoms with Gasteiger partial charge in [-0.25, -0.2) is 0 Å². The fraction of sp³-hybridized carbons (Fsp3) is 0.200. The molecule has 0 N–H and O–H groups in total. The summed E-state index contributed by atoms with van der Waals surface area (Å²) >= 11 is 0. The predicted molar refractivity (Wildman–Crippen MR) is 96.4 cm³/mol. The smallest absolute Gasteiger partial charge is 0.247 e. The van der Waals surface area contributed by atoms with Crippen molar-refractivity contribution in [1.82, 2.24) is 10.2 Å². The monoisotopic (exact) mass is 412 g/mol. The molecule has 0 spiro atoms. The second-order valence-corrected chi connectivity index (χ2v) is 5.08. The van der Waals surface area contributed by atoms with Gasteiger partial charge in [0.05, 0.1) is 6.42 Å². The van der Waals surface area contributed by atoms with Gasteiger partial charge in [0.25, 0.3) is 0 Å². The molecule has 0 amide bonds. The zero-order valence-electron chi connectivity index (χ0n) is 15.0. The third kappa shape index (κ3) is 8.32. The Balaban J connectivity index is 0.000000734. The predicted octanol–water partition coefficient (Wildman–Crippen LogP) is 4.76. The maximum atomic E-state index is 9.81. The molecule has 0 bridgehead atoms. The van der Waals surface area contributed by atoms with Gasteiger partial charge in [-0.1, -0.05) is 55.5 Å². The van der Waals surface area contributed by atoms with Crippen molar-refractivity contribution in [1.29, 1.82) is 0 Å². The van der Waals surface area contributed by atoms with Gasteiger partial charge in [0.1, 0.15) is 5.78 Å². The van der Waals surface area contributed by atoms with E-state index in [-0.39, 0.29) is 45.9 Å². The Labute approximate surface area is 174 Å². The molecular weight excluding hydrogens is 389 g/mol.